The number of hydrogen-bond donors (Lipinski definition) is 1. The standard InChI is InChI=1S/C23H30N2O2/c1-2-3-4-5-6-7-8-9-10-19-11-15-21(16-12-19)24-25-22-17-13-20(14-18-22)23(26)27/h11-18H,2-10H2,1H3,(H,26,27). The summed E-state index contributed by atoms with van der Waals surface area (Å²) in [5.74, 6) is -0.939. The van der Waals surface area contributed by atoms with Gasteiger partial charge >= 0.3 is 5.97 Å². The zero-order valence-corrected chi connectivity index (χ0v) is 16.2. The van der Waals surface area contributed by atoms with Crippen molar-refractivity contribution in [3.05, 3.63) is 59.7 Å². The van der Waals surface area contributed by atoms with Gasteiger partial charge in [0.2, 0.25) is 0 Å². The number of hydrogen-bond acceptors (Lipinski definition) is 3. The molecule has 1 N–H and O–H groups in total. The highest BCUT2D eigenvalue weighted by Crippen LogP contribution is 2.20. The average molecular weight is 367 g/mol. The zero-order valence-electron chi connectivity index (χ0n) is 16.2. The van der Waals surface area contributed by atoms with Crippen LogP contribution in [0.1, 0.15) is 74.2 Å². The van der Waals surface area contributed by atoms with Crippen LogP contribution in [0.2, 0.25) is 0 Å². The van der Waals surface area contributed by atoms with Crippen molar-refractivity contribution in [1.29, 1.82) is 0 Å². The van der Waals surface area contributed by atoms with Gasteiger partial charge in [-0.05, 0) is 54.8 Å². The van der Waals surface area contributed by atoms with Crippen LogP contribution in [-0.2, 0) is 6.42 Å². The second-order valence-corrected chi connectivity index (χ2v) is 6.94. The molecule has 2 aromatic carbocycles. The van der Waals surface area contributed by atoms with Gasteiger partial charge in [0.05, 0.1) is 16.9 Å². The molecular formula is C23H30N2O2. The summed E-state index contributed by atoms with van der Waals surface area (Å²) >= 11 is 0. The summed E-state index contributed by atoms with van der Waals surface area (Å²) in [5, 5.41) is 17.3. The lowest BCUT2D eigenvalue weighted by Gasteiger charge is -2.03. The first-order valence-electron chi connectivity index (χ1n) is 10.0. The molecule has 0 fully saturated rings. The van der Waals surface area contributed by atoms with Gasteiger partial charge in [-0.1, -0.05) is 64.0 Å². The van der Waals surface area contributed by atoms with E-state index in [0.29, 0.717) is 5.69 Å². The summed E-state index contributed by atoms with van der Waals surface area (Å²) in [6, 6.07) is 14.6. The minimum absolute atomic E-state index is 0.249. The summed E-state index contributed by atoms with van der Waals surface area (Å²) in [4.78, 5) is 10.8. The van der Waals surface area contributed by atoms with Crippen LogP contribution in [0.3, 0.4) is 0 Å². The van der Waals surface area contributed by atoms with Crippen LogP contribution in [0.25, 0.3) is 0 Å². The normalized spacial score (nSPS) is 11.1. The number of rotatable bonds is 12. The van der Waals surface area contributed by atoms with Crippen molar-refractivity contribution < 1.29 is 9.90 Å². The molecule has 0 aliphatic carbocycles. The van der Waals surface area contributed by atoms with Gasteiger partial charge in [0.25, 0.3) is 0 Å². The van der Waals surface area contributed by atoms with Gasteiger partial charge in [0, 0.05) is 0 Å². The predicted molar refractivity (Wildman–Crippen MR) is 110 cm³/mol. The minimum atomic E-state index is -0.939. The Kier molecular flexibility index (Phi) is 9.25. The Morgan fingerprint density at radius 1 is 0.741 bits per heavy atom. The maximum atomic E-state index is 10.8. The van der Waals surface area contributed by atoms with E-state index in [9.17, 15) is 4.79 Å². The van der Waals surface area contributed by atoms with E-state index in [0.717, 1.165) is 12.1 Å². The van der Waals surface area contributed by atoms with Crippen molar-refractivity contribution >= 4 is 17.3 Å². The molecule has 0 aromatic heterocycles. The number of unbranched alkanes of at least 4 members (excludes halogenated alkanes) is 7. The van der Waals surface area contributed by atoms with Gasteiger partial charge < -0.3 is 5.11 Å². The van der Waals surface area contributed by atoms with Gasteiger partial charge in [-0.15, -0.1) is 0 Å². The van der Waals surface area contributed by atoms with Crippen molar-refractivity contribution in [3.8, 4) is 0 Å². The number of azo groups is 1. The second kappa shape index (κ2) is 12.0. The van der Waals surface area contributed by atoms with Gasteiger partial charge in [0.15, 0.2) is 0 Å². The van der Waals surface area contributed by atoms with Crippen LogP contribution in [0.5, 0.6) is 0 Å². The van der Waals surface area contributed by atoms with Crippen molar-refractivity contribution in [1.82, 2.24) is 0 Å². The molecule has 0 bridgehead atoms. The zero-order chi connectivity index (χ0) is 19.3. The molecule has 2 aromatic rings. The molecule has 0 heterocycles. The summed E-state index contributed by atoms with van der Waals surface area (Å²) in [6.07, 6.45) is 11.8. The van der Waals surface area contributed by atoms with Gasteiger partial charge in [0.1, 0.15) is 0 Å². The third kappa shape index (κ3) is 8.16. The van der Waals surface area contributed by atoms with Crippen molar-refractivity contribution in [2.24, 2.45) is 10.2 Å². The highest BCUT2D eigenvalue weighted by Gasteiger charge is 2.01. The molecule has 0 radical (unpaired) electrons. The fourth-order valence-corrected chi connectivity index (χ4v) is 2.98. The number of aromatic carboxylic acids is 1. The molecule has 0 aliphatic rings. The van der Waals surface area contributed by atoms with Crippen LogP contribution in [-0.4, -0.2) is 11.1 Å². The van der Waals surface area contributed by atoms with Crippen molar-refractivity contribution in [2.45, 2.75) is 64.7 Å². The number of carbonyl (C=O) groups is 1. The summed E-state index contributed by atoms with van der Waals surface area (Å²) in [7, 11) is 0. The lowest BCUT2D eigenvalue weighted by molar-refractivity contribution is 0.0697. The van der Waals surface area contributed by atoms with E-state index in [2.05, 4.69) is 29.3 Å². The van der Waals surface area contributed by atoms with E-state index in [1.54, 1.807) is 12.1 Å². The number of nitrogens with zero attached hydrogens (tertiary/aromatic N) is 2. The van der Waals surface area contributed by atoms with Gasteiger partial charge in [-0.3, -0.25) is 0 Å². The molecule has 27 heavy (non-hydrogen) atoms. The lowest BCUT2D eigenvalue weighted by atomic mass is 10.0. The Bertz CT molecular complexity index is 706. The van der Waals surface area contributed by atoms with Gasteiger partial charge in [-0.2, -0.15) is 10.2 Å². The maximum Gasteiger partial charge on any atom is 0.335 e. The Balaban J connectivity index is 1.70. The molecule has 0 spiro atoms. The van der Waals surface area contributed by atoms with E-state index in [1.165, 1.54) is 69.1 Å². The van der Waals surface area contributed by atoms with Crippen LogP contribution in [0, 0.1) is 0 Å². The predicted octanol–water partition coefficient (Wildman–Crippen LogP) is 7.48. The lowest BCUT2D eigenvalue weighted by Crippen LogP contribution is -1.93. The summed E-state index contributed by atoms with van der Waals surface area (Å²) in [5.41, 5.74) is 3.03. The average Bonchev–Trinajstić information content (AvgIpc) is 2.69. The first-order chi connectivity index (χ1) is 13.2. The Hall–Kier alpha value is -2.49. The van der Waals surface area contributed by atoms with Crippen molar-refractivity contribution in [3.63, 3.8) is 0 Å². The Morgan fingerprint density at radius 3 is 1.74 bits per heavy atom. The number of benzene rings is 2. The number of carboxylic acid groups (broad SMARTS) is 1. The van der Waals surface area contributed by atoms with E-state index >= 15 is 0 Å². The molecular weight excluding hydrogens is 336 g/mol. The molecule has 0 unspecified atom stereocenters. The third-order valence-corrected chi connectivity index (χ3v) is 4.65. The topological polar surface area (TPSA) is 62.0 Å². The van der Waals surface area contributed by atoms with Crippen LogP contribution >= 0.6 is 0 Å². The SMILES string of the molecule is CCCCCCCCCCc1ccc(N=Nc2ccc(C(=O)O)cc2)cc1. The first kappa shape index (κ1) is 20.8. The second-order valence-electron chi connectivity index (χ2n) is 6.94. The van der Waals surface area contributed by atoms with E-state index in [1.807, 2.05) is 12.1 Å². The smallest absolute Gasteiger partial charge is 0.335 e. The first-order valence-corrected chi connectivity index (χ1v) is 10.0. The largest absolute Gasteiger partial charge is 0.478 e. The molecule has 0 saturated heterocycles. The quantitative estimate of drug-likeness (QED) is 0.312. The fourth-order valence-electron chi connectivity index (χ4n) is 2.98. The molecule has 0 amide bonds. The molecule has 144 valence electrons. The van der Waals surface area contributed by atoms with Gasteiger partial charge in [-0.25, -0.2) is 4.79 Å². The summed E-state index contributed by atoms with van der Waals surface area (Å²) in [6.45, 7) is 2.26. The van der Waals surface area contributed by atoms with E-state index in [-0.39, 0.29) is 5.56 Å². The monoisotopic (exact) mass is 366 g/mol. The maximum absolute atomic E-state index is 10.8. The summed E-state index contributed by atoms with van der Waals surface area (Å²) < 4.78 is 0. The van der Waals surface area contributed by atoms with Crippen molar-refractivity contribution in [2.75, 3.05) is 0 Å². The van der Waals surface area contributed by atoms with E-state index in [4.69, 9.17) is 5.11 Å². The number of carboxylic acids is 1. The van der Waals surface area contributed by atoms with Crippen LogP contribution in [0.15, 0.2) is 58.8 Å². The van der Waals surface area contributed by atoms with Crippen LogP contribution < -0.4 is 0 Å². The molecule has 0 saturated carbocycles. The highest BCUT2D eigenvalue weighted by molar-refractivity contribution is 5.87. The van der Waals surface area contributed by atoms with E-state index < -0.39 is 5.97 Å². The minimum Gasteiger partial charge on any atom is -0.478 e. The Labute approximate surface area is 162 Å². The third-order valence-electron chi connectivity index (χ3n) is 4.65. The highest BCUT2D eigenvalue weighted by atomic mass is 16.4. The fraction of sp³-hybridized carbons (Fsp3) is 0.435. The molecule has 0 atom stereocenters. The Morgan fingerprint density at radius 2 is 1.22 bits per heavy atom. The molecule has 4 nitrogen and oxygen atoms in total. The molecule has 4 heteroatoms. The molecule has 0 aliphatic heterocycles. The number of aryl methyl sites for hydroxylation is 1. The molecule has 2 rings (SSSR count). The van der Waals surface area contributed by atoms with Crippen LogP contribution in [0.4, 0.5) is 11.4 Å².